The average molecular weight is 475 g/mol. The summed E-state index contributed by atoms with van der Waals surface area (Å²) in [5.74, 6) is 0.0692. The Kier molecular flexibility index (Phi) is 11.8. The number of carbonyl (C=O) groups excluding carboxylic acids is 2. The highest BCUT2D eigenvalue weighted by molar-refractivity contribution is 5.96. The highest BCUT2D eigenvalue weighted by Crippen LogP contribution is 2.22. The first kappa shape index (κ1) is 28.7. The van der Waals surface area contributed by atoms with Crippen LogP contribution in [-0.2, 0) is 14.3 Å². The fourth-order valence-corrected chi connectivity index (χ4v) is 2.57. The lowest BCUT2D eigenvalue weighted by Gasteiger charge is -2.28. The molecule has 2 aromatic heterocycles. The number of ketones is 1. The van der Waals surface area contributed by atoms with Gasteiger partial charge in [0.25, 0.3) is 0 Å². The number of methoxy groups -OCH3 is 2. The molecule has 0 unspecified atom stereocenters. The summed E-state index contributed by atoms with van der Waals surface area (Å²) in [4.78, 5) is 43.8. The molecule has 186 valence electrons. The van der Waals surface area contributed by atoms with Crippen molar-refractivity contribution in [3.63, 3.8) is 0 Å². The number of aromatic carboxylic acids is 1. The van der Waals surface area contributed by atoms with Crippen LogP contribution in [0.4, 0.5) is 11.6 Å². The molecule has 0 fully saturated rings. The van der Waals surface area contributed by atoms with E-state index >= 15 is 0 Å². The molecule has 34 heavy (non-hydrogen) atoms. The lowest BCUT2D eigenvalue weighted by atomic mass is 9.94. The summed E-state index contributed by atoms with van der Waals surface area (Å²) in [7, 11) is 3.20. The van der Waals surface area contributed by atoms with E-state index in [1.807, 2.05) is 20.8 Å². The number of hydrogen-bond donors (Lipinski definition) is 2. The van der Waals surface area contributed by atoms with Gasteiger partial charge in [0.2, 0.25) is 5.91 Å². The van der Waals surface area contributed by atoms with E-state index in [0.29, 0.717) is 37.7 Å². The first-order valence-electron chi connectivity index (χ1n) is 10.7. The third-order valence-electron chi connectivity index (χ3n) is 4.46. The van der Waals surface area contributed by atoms with Crippen molar-refractivity contribution in [1.82, 2.24) is 9.97 Å². The topological polar surface area (TPSA) is 131 Å². The van der Waals surface area contributed by atoms with Crippen molar-refractivity contribution in [2.75, 3.05) is 50.7 Å². The van der Waals surface area contributed by atoms with E-state index in [0.717, 1.165) is 5.82 Å². The van der Waals surface area contributed by atoms with E-state index in [1.54, 1.807) is 32.5 Å². The number of hydrogen-bond acceptors (Lipinski definition) is 8. The monoisotopic (exact) mass is 474 g/mol. The average Bonchev–Trinajstić information content (AvgIpc) is 2.80. The third-order valence-corrected chi connectivity index (χ3v) is 4.46. The van der Waals surface area contributed by atoms with Gasteiger partial charge in [-0.15, -0.1) is 0 Å². The molecule has 0 aliphatic rings. The van der Waals surface area contributed by atoms with Gasteiger partial charge in [-0.3, -0.25) is 14.5 Å². The van der Waals surface area contributed by atoms with Gasteiger partial charge in [0.15, 0.2) is 5.78 Å². The zero-order valence-electron chi connectivity index (χ0n) is 20.6. The molecule has 0 aliphatic carbocycles. The van der Waals surface area contributed by atoms with Crippen molar-refractivity contribution >= 4 is 29.3 Å². The van der Waals surface area contributed by atoms with Crippen LogP contribution in [0, 0.1) is 5.41 Å². The molecule has 0 spiro atoms. The minimum atomic E-state index is -1.05. The second kappa shape index (κ2) is 14.0. The van der Waals surface area contributed by atoms with Gasteiger partial charge in [-0.25, -0.2) is 14.8 Å². The highest BCUT2D eigenvalue weighted by Gasteiger charge is 2.28. The standard InChI is InChI=1S/C14H20N2O4.C10H14N2O2/c1-14(2,3)13(19)16(7-8-20-4)11-6-5-10(9-15-11)12(17)18;1-8(13)9-3-4-10(12-7-9)11-5-6-14-2/h5-6,9H,7-8H2,1-4H3,(H,17,18);3-4,7H,5-6H2,1-2H3,(H,11,12). The summed E-state index contributed by atoms with van der Waals surface area (Å²) >= 11 is 0. The summed E-state index contributed by atoms with van der Waals surface area (Å²) < 4.78 is 9.88. The molecular formula is C24H34N4O6. The Balaban J connectivity index is 0.000000362. The zero-order valence-corrected chi connectivity index (χ0v) is 20.6. The predicted octanol–water partition coefficient (Wildman–Crippen LogP) is 3.15. The minimum Gasteiger partial charge on any atom is -0.478 e. The van der Waals surface area contributed by atoms with Crippen LogP contribution in [0.5, 0.6) is 0 Å². The molecule has 10 nitrogen and oxygen atoms in total. The zero-order chi connectivity index (χ0) is 25.7. The van der Waals surface area contributed by atoms with Crippen LogP contribution in [0.2, 0.25) is 0 Å². The first-order chi connectivity index (χ1) is 16.0. The molecule has 1 amide bonds. The van der Waals surface area contributed by atoms with Crippen LogP contribution < -0.4 is 10.2 Å². The number of aromatic nitrogens is 2. The number of carboxylic acid groups (broad SMARTS) is 1. The van der Waals surface area contributed by atoms with Gasteiger partial charge in [-0.05, 0) is 31.2 Å². The van der Waals surface area contributed by atoms with Crippen LogP contribution in [0.15, 0.2) is 36.7 Å². The van der Waals surface area contributed by atoms with Gasteiger partial charge in [0.1, 0.15) is 11.6 Å². The summed E-state index contributed by atoms with van der Waals surface area (Å²) in [5.41, 5.74) is 0.159. The number of rotatable bonds is 10. The highest BCUT2D eigenvalue weighted by atomic mass is 16.5. The molecule has 0 saturated heterocycles. The summed E-state index contributed by atoms with van der Waals surface area (Å²) in [5, 5.41) is 11.9. The number of carbonyl (C=O) groups is 3. The Bertz CT molecular complexity index is 924. The predicted molar refractivity (Wildman–Crippen MR) is 129 cm³/mol. The maximum Gasteiger partial charge on any atom is 0.337 e. The molecule has 2 N–H and O–H groups in total. The molecule has 0 saturated carbocycles. The number of carboxylic acids is 1. The van der Waals surface area contributed by atoms with E-state index in [9.17, 15) is 14.4 Å². The fourth-order valence-electron chi connectivity index (χ4n) is 2.57. The van der Waals surface area contributed by atoms with Crippen molar-refractivity contribution in [1.29, 1.82) is 0 Å². The number of amides is 1. The minimum absolute atomic E-state index is 0.0286. The molecule has 2 aromatic rings. The quantitative estimate of drug-likeness (QED) is 0.394. The second-order valence-corrected chi connectivity index (χ2v) is 8.32. The number of Topliss-reactive ketones (excluding diaryl/α,β-unsaturated/α-hetero) is 1. The Morgan fingerprint density at radius 1 is 0.971 bits per heavy atom. The Labute approximate surface area is 200 Å². The molecule has 0 atom stereocenters. The maximum atomic E-state index is 12.4. The van der Waals surface area contributed by atoms with Crippen molar-refractivity contribution in [2.24, 2.45) is 5.41 Å². The SMILES string of the molecule is COCCN(C(=O)C(C)(C)C)c1ccc(C(=O)O)cn1.COCCNc1ccc(C(C)=O)cn1. The van der Waals surface area contributed by atoms with Crippen molar-refractivity contribution in [2.45, 2.75) is 27.7 Å². The van der Waals surface area contributed by atoms with E-state index in [4.69, 9.17) is 14.6 Å². The van der Waals surface area contributed by atoms with Crippen LogP contribution in [0.1, 0.15) is 48.4 Å². The van der Waals surface area contributed by atoms with Gasteiger partial charge in [-0.2, -0.15) is 0 Å². The van der Waals surface area contributed by atoms with E-state index in [-0.39, 0.29) is 17.3 Å². The Morgan fingerprint density at radius 3 is 2.03 bits per heavy atom. The molecule has 0 bridgehead atoms. The fraction of sp³-hybridized carbons (Fsp3) is 0.458. The van der Waals surface area contributed by atoms with Crippen molar-refractivity contribution < 1.29 is 29.0 Å². The van der Waals surface area contributed by atoms with E-state index in [2.05, 4.69) is 15.3 Å². The number of pyridine rings is 2. The van der Waals surface area contributed by atoms with E-state index in [1.165, 1.54) is 30.2 Å². The first-order valence-corrected chi connectivity index (χ1v) is 10.7. The second-order valence-electron chi connectivity index (χ2n) is 8.32. The number of nitrogens with zero attached hydrogens (tertiary/aromatic N) is 3. The summed E-state index contributed by atoms with van der Waals surface area (Å²) in [6.07, 6.45) is 2.81. The lowest BCUT2D eigenvalue weighted by Crippen LogP contribution is -2.42. The Morgan fingerprint density at radius 2 is 1.59 bits per heavy atom. The lowest BCUT2D eigenvalue weighted by molar-refractivity contribution is -0.126. The normalized spacial score (nSPS) is 10.6. The number of nitrogens with one attached hydrogen (secondary N) is 1. The van der Waals surface area contributed by atoms with Crippen molar-refractivity contribution in [3.05, 3.63) is 47.8 Å². The molecular weight excluding hydrogens is 440 g/mol. The smallest absolute Gasteiger partial charge is 0.337 e. The summed E-state index contributed by atoms with van der Waals surface area (Å²) in [6.45, 7) is 9.08. The van der Waals surface area contributed by atoms with Crippen LogP contribution in [0.25, 0.3) is 0 Å². The Hall–Kier alpha value is -3.37. The maximum absolute atomic E-state index is 12.4. The molecule has 0 radical (unpaired) electrons. The van der Waals surface area contributed by atoms with Gasteiger partial charge >= 0.3 is 5.97 Å². The molecule has 0 aliphatic heterocycles. The molecule has 2 rings (SSSR count). The van der Waals surface area contributed by atoms with Gasteiger partial charge in [-0.1, -0.05) is 20.8 Å². The molecule has 10 heteroatoms. The van der Waals surface area contributed by atoms with Crippen molar-refractivity contribution in [3.8, 4) is 0 Å². The van der Waals surface area contributed by atoms with Crippen LogP contribution in [-0.4, -0.2) is 73.3 Å². The molecule has 0 aromatic carbocycles. The van der Waals surface area contributed by atoms with Crippen LogP contribution in [0.3, 0.4) is 0 Å². The van der Waals surface area contributed by atoms with E-state index < -0.39 is 11.4 Å². The number of ether oxygens (including phenoxy) is 2. The van der Waals surface area contributed by atoms with Crippen LogP contribution >= 0.6 is 0 Å². The number of anilines is 2. The third kappa shape index (κ3) is 9.63. The summed E-state index contributed by atoms with van der Waals surface area (Å²) in [6, 6.07) is 6.50. The largest absolute Gasteiger partial charge is 0.478 e. The van der Waals surface area contributed by atoms with Gasteiger partial charge < -0.3 is 19.9 Å². The van der Waals surface area contributed by atoms with Gasteiger partial charge in [0.05, 0.1) is 25.3 Å². The molecule has 2 heterocycles. The van der Waals surface area contributed by atoms with Gasteiger partial charge in [0, 0.05) is 44.1 Å².